The highest BCUT2D eigenvalue weighted by atomic mass is 16.5. The lowest BCUT2D eigenvalue weighted by molar-refractivity contribution is 0.0953. The molecule has 0 atom stereocenters. The maximum absolute atomic E-state index is 12.0. The van der Waals surface area contributed by atoms with E-state index < -0.39 is 0 Å². The van der Waals surface area contributed by atoms with Crippen LogP contribution in [0.5, 0.6) is 0 Å². The maximum atomic E-state index is 12.0. The molecule has 0 fully saturated rings. The van der Waals surface area contributed by atoms with E-state index in [0.29, 0.717) is 25.2 Å². The third-order valence-corrected chi connectivity index (χ3v) is 4.23. The molecule has 27 heavy (non-hydrogen) atoms. The van der Waals surface area contributed by atoms with Crippen molar-refractivity contribution in [3.05, 3.63) is 52.9 Å². The lowest BCUT2D eigenvalue weighted by Gasteiger charge is -2.12. The SMILES string of the molecule is CCc1noc(CC)c1CNC(=NC)NCCCNC(=O)c1ccccc1. The molecule has 0 saturated heterocycles. The van der Waals surface area contributed by atoms with Crippen LogP contribution >= 0.6 is 0 Å². The van der Waals surface area contributed by atoms with Crippen LogP contribution < -0.4 is 16.0 Å². The first kappa shape index (κ1) is 20.5. The van der Waals surface area contributed by atoms with Crippen molar-refractivity contribution in [2.45, 2.75) is 39.7 Å². The molecular formula is C20H29N5O2. The van der Waals surface area contributed by atoms with Gasteiger partial charge in [-0.05, 0) is 25.0 Å². The molecular weight excluding hydrogens is 342 g/mol. The summed E-state index contributed by atoms with van der Waals surface area (Å²) in [5.74, 6) is 1.58. The van der Waals surface area contributed by atoms with E-state index in [1.54, 1.807) is 19.2 Å². The van der Waals surface area contributed by atoms with Gasteiger partial charge in [0.15, 0.2) is 5.96 Å². The fourth-order valence-electron chi connectivity index (χ4n) is 2.72. The predicted molar refractivity (Wildman–Crippen MR) is 107 cm³/mol. The normalized spacial score (nSPS) is 11.3. The molecule has 0 unspecified atom stereocenters. The Labute approximate surface area is 160 Å². The van der Waals surface area contributed by atoms with Crippen LogP contribution in [-0.4, -0.2) is 37.2 Å². The van der Waals surface area contributed by atoms with Crippen molar-refractivity contribution in [2.24, 2.45) is 4.99 Å². The second kappa shape index (κ2) is 11.0. The molecule has 0 radical (unpaired) electrons. The zero-order valence-electron chi connectivity index (χ0n) is 16.3. The Morgan fingerprint density at radius 2 is 1.81 bits per heavy atom. The molecule has 0 aliphatic rings. The zero-order chi connectivity index (χ0) is 19.5. The largest absolute Gasteiger partial charge is 0.361 e. The van der Waals surface area contributed by atoms with Gasteiger partial charge in [-0.2, -0.15) is 0 Å². The fourth-order valence-corrected chi connectivity index (χ4v) is 2.72. The first-order valence-electron chi connectivity index (χ1n) is 9.43. The van der Waals surface area contributed by atoms with Gasteiger partial charge in [0, 0.05) is 44.2 Å². The van der Waals surface area contributed by atoms with Gasteiger partial charge in [0.05, 0.1) is 5.69 Å². The lowest BCUT2D eigenvalue weighted by atomic mass is 10.1. The molecule has 1 aromatic carbocycles. The van der Waals surface area contributed by atoms with Crippen LogP contribution in [0.15, 0.2) is 39.8 Å². The zero-order valence-corrected chi connectivity index (χ0v) is 16.3. The molecule has 0 saturated carbocycles. The summed E-state index contributed by atoms with van der Waals surface area (Å²) in [6.07, 6.45) is 2.46. The average Bonchev–Trinajstić information content (AvgIpc) is 3.12. The Hall–Kier alpha value is -2.83. The van der Waals surface area contributed by atoms with E-state index in [-0.39, 0.29) is 5.91 Å². The van der Waals surface area contributed by atoms with Crippen LogP contribution in [-0.2, 0) is 19.4 Å². The number of guanidine groups is 1. The van der Waals surface area contributed by atoms with Gasteiger partial charge in [0.2, 0.25) is 0 Å². The van der Waals surface area contributed by atoms with Crippen molar-refractivity contribution in [1.29, 1.82) is 0 Å². The number of nitrogens with zero attached hydrogens (tertiary/aromatic N) is 2. The van der Waals surface area contributed by atoms with E-state index in [0.717, 1.165) is 42.2 Å². The lowest BCUT2D eigenvalue weighted by Crippen LogP contribution is -2.38. The Bertz CT molecular complexity index is 719. The van der Waals surface area contributed by atoms with Gasteiger partial charge in [0.1, 0.15) is 5.76 Å². The first-order chi connectivity index (χ1) is 13.2. The number of aryl methyl sites for hydroxylation is 2. The summed E-state index contributed by atoms with van der Waals surface area (Å²) >= 11 is 0. The fraction of sp³-hybridized carbons (Fsp3) is 0.450. The maximum Gasteiger partial charge on any atom is 0.251 e. The average molecular weight is 371 g/mol. The van der Waals surface area contributed by atoms with E-state index >= 15 is 0 Å². The van der Waals surface area contributed by atoms with Gasteiger partial charge in [-0.25, -0.2) is 0 Å². The highest BCUT2D eigenvalue weighted by Crippen LogP contribution is 2.15. The quantitative estimate of drug-likeness (QED) is 0.357. The molecule has 2 aromatic rings. The molecule has 3 N–H and O–H groups in total. The number of aliphatic imine (C=N–C) groups is 1. The standard InChI is InChI=1S/C20H29N5O2/c1-4-17-16(18(5-2)27-25-17)14-24-20(21-3)23-13-9-12-22-19(26)15-10-7-6-8-11-15/h6-8,10-11H,4-5,9,12-14H2,1-3H3,(H,22,26)(H2,21,23,24). The number of benzene rings is 1. The molecule has 2 rings (SSSR count). The Morgan fingerprint density at radius 3 is 2.48 bits per heavy atom. The molecule has 7 nitrogen and oxygen atoms in total. The first-order valence-corrected chi connectivity index (χ1v) is 9.43. The number of hydrogen-bond donors (Lipinski definition) is 3. The number of hydrogen-bond acceptors (Lipinski definition) is 4. The minimum absolute atomic E-state index is 0.0512. The molecule has 0 bridgehead atoms. The summed E-state index contributed by atoms with van der Waals surface area (Å²) in [5, 5.41) is 13.6. The molecule has 7 heteroatoms. The summed E-state index contributed by atoms with van der Waals surface area (Å²) in [5.41, 5.74) is 2.77. The van der Waals surface area contributed by atoms with Crippen molar-refractivity contribution in [3.63, 3.8) is 0 Å². The van der Waals surface area contributed by atoms with Gasteiger partial charge < -0.3 is 20.5 Å². The Balaban J connectivity index is 1.70. The molecule has 1 aromatic heterocycles. The second-order valence-electron chi connectivity index (χ2n) is 6.07. The molecule has 146 valence electrons. The molecule has 0 aliphatic heterocycles. The van der Waals surface area contributed by atoms with Gasteiger partial charge in [-0.15, -0.1) is 0 Å². The number of carbonyl (C=O) groups is 1. The van der Waals surface area contributed by atoms with Crippen LogP contribution in [0.1, 0.15) is 47.6 Å². The Morgan fingerprint density at radius 1 is 1.07 bits per heavy atom. The van der Waals surface area contributed by atoms with E-state index in [4.69, 9.17) is 4.52 Å². The van der Waals surface area contributed by atoms with Crippen LogP contribution in [0.2, 0.25) is 0 Å². The number of amides is 1. The second-order valence-corrected chi connectivity index (χ2v) is 6.07. The summed E-state index contributed by atoms with van der Waals surface area (Å²) < 4.78 is 5.38. The van der Waals surface area contributed by atoms with E-state index in [1.807, 2.05) is 18.2 Å². The van der Waals surface area contributed by atoms with Crippen molar-refractivity contribution in [2.75, 3.05) is 20.1 Å². The van der Waals surface area contributed by atoms with Crippen LogP contribution in [0.3, 0.4) is 0 Å². The van der Waals surface area contributed by atoms with Gasteiger partial charge in [-0.1, -0.05) is 37.2 Å². The van der Waals surface area contributed by atoms with Crippen molar-refractivity contribution < 1.29 is 9.32 Å². The number of rotatable bonds is 9. The predicted octanol–water partition coefficient (Wildman–Crippen LogP) is 2.28. The van der Waals surface area contributed by atoms with Gasteiger partial charge in [-0.3, -0.25) is 9.79 Å². The number of nitrogens with one attached hydrogen (secondary N) is 3. The van der Waals surface area contributed by atoms with Gasteiger partial charge >= 0.3 is 0 Å². The highest BCUT2D eigenvalue weighted by molar-refractivity contribution is 5.94. The van der Waals surface area contributed by atoms with Gasteiger partial charge in [0.25, 0.3) is 5.91 Å². The van der Waals surface area contributed by atoms with Crippen LogP contribution in [0.4, 0.5) is 0 Å². The molecule has 1 heterocycles. The molecule has 0 spiro atoms. The summed E-state index contributed by atoms with van der Waals surface area (Å²) in [4.78, 5) is 16.2. The molecule has 0 aliphatic carbocycles. The van der Waals surface area contributed by atoms with Crippen LogP contribution in [0, 0.1) is 0 Å². The highest BCUT2D eigenvalue weighted by Gasteiger charge is 2.13. The topological polar surface area (TPSA) is 91.6 Å². The summed E-state index contributed by atoms with van der Waals surface area (Å²) in [6, 6.07) is 9.22. The summed E-state index contributed by atoms with van der Waals surface area (Å²) in [7, 11) is 1.74. The minimum Gasteiger partial charge on any atom is -0.361 e. The van der Waals surface area contributed by atoms with Crippen molar-refractivity contribution in [1.82, 2.24) is 21.1 Å². The van der Waals surface area contributed by atoms with Crippen molar-refractivity contribution >= 4 is 11.9 Å². The smallest absolute Gasteiger partial charge is 0.251 e. The Kier molecular flexibility index (Phi) is 8.35. The van der Waals surface area contributed by atoms with E-state index in [1.165, 1.54) is 0 Å². The minimum atomic E-state index is -0.0512. The number of aromatic nitrogens is 1. The van der Waals surface area contributed by atoms with E-state index in [2.05, 4.69) is 39.9 Å². The monoisotopic (exact) mass is 371 g/mol. The van der Waals surface area contributed by atoms with Crippen LogP contribution in [0.25, 0.3) is 0 Å². The third kappa shape index (κ3) is 6.13. The molecule has 1 amide bonds. The van der Waals surface area contributed by atoms with E-state index in [9.17, 15) is 4.79 Å². The third-order valence-electron chi connectivity index (χ3n) is 4.23. The number of carbonyl (C=O) groups excluding carboxylic acids is 1. The summed E-state index contributed by atoms with van der Waals surface area (Å²) in [6.45, 7) is 6.06. The van der Waals surface area contributed by atoms with Crippen molar-refractivity contribution in [3.8, 4) is 0 Å².